The smallest absolute Gasteiger partial charge is 0.414 e. The molecule has 0 saturated heterocycles. The SMILES string of the molecule is CCCCOC(=O)N(CCCSc1nc2ccccc2n1CC(=O)OC(C)(C)C)c1ccc(C(=O)OCC)cc1. The van der Waals surface area contributed by atoms with Crippen molar-refractivity contribution >= 4 is 46.5 Å². The number of rotatable bonds is 13. The maximum Gasteiger partial charge on any atom is 0.414 e. The number of esters is 2. The van der Waals surface area contributed by atoms with Gasteiger partial charge in [-0.2, -0.15) is 0 Å². The van der Waals surface area contributed by atoms with Crippen LogP contribution in [0.25, 0.3) is 11.0 Å². The fourth-order valence-corrected chi connectivity index (χ4v) is 4.84. The number of imidazole rings is 1. The van der Waals surface area contributed by atoms with Gasteiger partial charge in [-0.15, -0.1) is 0 Å². The summed E-state index contributed by atoms with van der Waals surface area (Å²) in [5.74, 6) is -0.0846. The Bertz CT molecular complexity index is 1280. The molecule has 0 fully saturated rings. The number of aromatic nitrogens is 2. The number of ether oxygens (including phenoxy) is 3. The molecule has 3 rings (SSSR count). The van der Waals surface area contributed by atoms with Gasteiger partial charge in [0.1, 0.15) is 12.1 Å². The molecule has 1 aromatic heterocycles. The van der Waals surface area contributed by atoms with E-state index < -0.39 is 17.7 Å². The number of para-hydroxylation sites is 2. The largest absolute Gasteiger partial charge is 0.462 e. The van der Waals surface area contributed by atoms with Gasteiger partial charge in [-0.3, -0.25) is 9.69 Å². The molecule has 0 bridgehead atoms. The lowest BCUT2D eigenvalue weighted by molar-refractivity contribution is -0.155. The van der Waals surface area contributed by atoms with Crippen LogP contribution in [0.15, 0.2) is 53.7 Å². The van der Waals surface area contributed by atoms with E-state index in [1.54, 1.807) is 36.1 Å². The number of carbonyl (C=O) groups is 3. The van der Waals surface area contributed by atoms with Crippen molar-refractivity contribution in [3.05, 3.63) is 54.1 Å². The van der Waals surface area contributed by atoms with Gasteiger partial charge in [0.05, 0.1) is 29.8 Å². The molecule has 1 amide bonds. The van der Waals surface area contributed by atoms with Crippen LogP contribution >= 0.6 is 11.8 Å². The number of unbranched alkanes of at least 4 members (excludes halogenated alkanes) is 1. The zero-order valence-corrected chi connectivity index (χ0v) is 24.8. The van der Waals surface area contributed by atoms with E-state index in [0.29, 0.717) is 48.3 Å². The number of fused-ring (bicyclic) bond motifs is 1. The van der Waals surface area contributed by atoms with Gasteiger partial charge in [-0.25, -0.2) is 14.6 Å². The summed E-state index contributed by atoms with van der Waals surface area (Å²) in [6.45, 7) is 10.4. The molecule has 0 aliphatic heterocycles. The lowest BCUT2D eigenvalue weighted by atomic mass is 10.2. The molecular weight excluding hydrogens is 530 g/mol. The molecule has 0 saturated carbocycles. The molecular formula is C30H39N3O6S. The number of nitrogens with zero attached hydrogens (tertiary/aromatic N) is 3. The van der Waals surface area contributed by atoms with E-state index in [4.69, 9.17) is 19.2 Å². The van der Waals surface area contributed by atoms with Crippen LogP contribution < -0.4 is 4.90 Å². The standard InChI is InChI=1S/C30H39N3O6S/c1-6-8-19-38-29(36)32(23-16-14-22(15-17-23)27(35)37-7-2)18-11-20-40-28-31-24-12-9-10-13-25(24)33(28)21-26(34)39-30(3,4)5/h9-10,12-17H,6-8,11,18-21H2,1-5H3. The van der Waals surface area contributed by atoms with Gasteiger partial charge in [-0.05, 0) is 76.9 Å². The van der Waals surface area contributed by atoms with Crippen LogP contribution in [-0.2, 0) is 25.5 Å². The minimum absolute atomic E-state index is 0.0583. The molecule has 0 aliphatic carbocycles. The summed E-state index contributed by atoms with van der Waals surface area (Å²) in [6.07, 6.45) is 1.91. The molecule has 0 aliphatic rings. The molecule has 3 aromatic rings. The second-order valence-electron chi connectivity index (χ2n) is 10.1. The Morgan fingerprint density at radius 3 is 2.38 bits per heavy atom. The van der Waals surface area contributed by atoms with Crippen LogP contribution in [0.4, 0.5) is 10.5 Å². The number of hydrogen-bond donors (Lipinski definition) is 0. The third-order valence-corrected chi connectivity index (χ3v) is 6.78. The van der Waals surface area contributed by atoms with Crippen molar-refractivity contribution in [2.45, 2.75) is 71.2 Å². The van der Waals surface area contributed by atoms with E-state index in [1.807, 2.05) is 56.5 Å². The first-order valence-electron chi connectivity index (χ1n) is 13.6. The molecule has 216 valence electrons. The van der Waals surface area contributed by atoms with Crippen molar-refractivity contribution in [3.63, 3.8) is 0 Å². The molecule has 0 radical (unpaired) electrons. The molecule has 9 nitrogen and oxygen atoms in total. The second kappa shape index (κ2) is 14.7. The van der Waals surface area contributed by atoms with Gasteiger partial charge < -0.3 is 18.8 Å². The fraction of sp³-hybridized carbons (Fsp3) is 0.467. The van der Waals surface area contributed by atoms with E-state index in [0.717, 1.165) is 23.9 Å². The van der Waals surface area contributed by atoms with Gasteiger partial charge in [-0.1, -0.05) is 37.2 Å². The van der Waals surface area contributed by atoms with Crippen molar-refractivity contribution in [2.75, 3.05) is 30.4 Å². The predicted octanol–water partition coefficient (Wildman–Crippen LogP) is 6.48. The summed E-state index contributed by atoms with van der Waals surface area (Å²) in [4.78, 5) is 43.9. The van der Waals surface area contributed by atoms with Gasteiger partial charge in [0.25, 0.3) is 0 Å². The van der Waals surface area contributed by atoms with Crippen LogP contribution in [0.2, 0.25) is 0 Å². The van der Waals surface area contributed by atoms with Crippen LogP contribution in [0.3, 0.4) is 0 Å². The monoisotopic (exact) mass is 569 g/mol. The van der Waals surface area contributed by atoms with Gasteiger partial charge in [0, 0.05) is 18.0 Å². The number of thioether (sulfide) groups is 1. The van der Waals surface area contributed by atoms with E-state index in [2.05, 4.69) is 0 Å². The lowest BCUT2D eigenvalue weighted by Gasteiger charge is -2.22. The summed E-state index contributed by atoms with van der Waals surface area (Å²) in [5.41, 5.74) is 2.14. The first-order valence-corrected chi connectivity index (χ1v) is 14.6. The average Bonchev–Trinajstić information content (AvgIpc) is 3.25. The average molecular weight is 570 g/mol. The maximum absolute atomic E-state index is 12.9. The Morgan fingerprint density at radius 1 is 0.975 bits per heavy atom. The number of benzene rings is 2. The van der Waals surface area contributed by atoms with Crippen molar-refractivity contribution in [1.82, 2.24) is 9.55 Å². The Labute approximate surface area is 240 Å². The number of hydrogen-bond acceptors (Lipinski definition) is 8. The molecule has 10 heteroatoms. The third kappa shape index (κ3) is 9.01. The Hall–Kier alpha value is -3.53. The van der Waals surface area contributed by atoms with Crippen molar-refractivity contribution in [1.29, 1.82) is 0 Å². The summed E-state index contributed by atoms with van der Waals surface area (Å²) in [6, 6.07) is 14.4. The molecule has 0 spiro atoms. The number of amides is 1. The van der Waals surface area contributed by atoms with Gasteiger partial charge >= 0.3 is 18.0 Å². The van der Waals surface area contributed by atoms with Crippen LogP contribution in [0.5, 0.6) is 0 Å². The minimum Gasteiger partial charge on any atom is -0.462 e. The maximum atomic E-state index is 12.9. The Kier molecular flexibility index (Phi) is 11.4. The molecule has 1 heterocycles. The van der Waals surface area contributed by atoms with E-state index in [9.17, 15) is 14.4 Å². The van der Waals surface area contributed by atoms with Crippen molar-refractivity contribution in [3.8, 4) is 0 Å². The highest BCUT2D eigenvalue weighted by atomic mass is 32.2. The molecule has 0 atom stereocenters. The lowest BCUT2D eigenvalue weighted by Crippen LogP contribution is -2.33. The van der Waals surface area contributed by atoms with E-state index in [1.165, 1.54) is 11.8 Å². The third-order valence-electron chi connectivity index (χ3n) is 5.72. The Balaban J connectivity index is 1.70. The zero-order chi connectivity index (χ0) is 29.1. The molecule has 0 N–H and O–H groups in total. The van der Waals surface area contributed by atoms with Crippen LogP contribution in [0, 0.1) is 0 Å². The molecule has 2 aromatic carbocycles. The summed E-state index contributed by atoms with van der Waals surface area (Å²) >= 11 is 1.52. The molecule has 0 unspecified atom stereocenters. The molecule has 40 heavy (non-hydrogen) atoms. The quantitative estimate of drug-likeness (QED) is 0.0998. The normalized spacial score (nSPS) is 11.3. The van der Waals surface area contributed by atoms with Gasteiger partial charge in [0.15, 0.2) is 5.16 Å². The first-order chi connectivity index (χ1) is 19.1. The zero-order valence-electron chi connectivity index (χ0n) is 24.0. The highest BCUT2D eigenvalue weighted by molar-refractivity contribution is 7.99. The second-order valence-corrected chi connectivity index (χ2v) is 11.2. The highest BCUT2D eigenvalue weighted by Crippen LogP contribution is 2.26. The van der Waals surface area contributed by atoms with Crippen LogP contribution in [-0.4, -0.2) is 58.7 Å². The summed E-state index contributed by atoms with van der Waals surface area (Å²) in [7, 11) is 0. The van der Waals surface area contributed by atoms with Crippen molar-refractivity contribution < 1.29 is 28.6 Å². The van der Waals surface area contributed by atoms with Crippen molar-refractivity contribution in [2.24, 2.45) is 0 Å². The topological polar surface area (TPSA) is 100.0 Å². The first kappa shape index (κ1) is 31.0. The number of anilines is 1. The van der Waals surface area contributed by atoms with E-state index >= 15 is 0 Å². The Morgan fingerprint density at radius 2 is 1.70 bits per heavy atom. The minimum atomic E-state index is -0.579. The van der Waals surface area contributed by atoms with Gasteiger partial charge in [0.2, 0.25) is 0 Å². The highest BCUT2D eigenvalue weighted by Gasteiger charge is 2.21. The number of carbonyl (C=O) groups excluding carboxylic acids is 3. The van der Waals surface area contributed by atoms with E-state index in [-0.39, 0.29) is 12.5 Å². The summed E-state index contributed by atoms with van der Waals surface area (Å²) in [5, 5.41) is 0.711. The van der Waals surface area contributed by atoms with Crippen LogP contribution in [0.1, 0.15) is 64.2 Å². The summed E-state index contributed by atoms with van der Waals surface area (Å²) < 4.78 is 18.0. The fourth-order valence-electron chi connectivity index (χ4n) is 3.90. The predicted molar refractivity (Wildman–Crippen MR) is 157 cm³/mol.